The molecule has 1 aliphatic rings. The monoisotopic (exact) mass is 574 g/mol. The van der Waals surface area contributed by atoms with Crippen LogP contribution < -0.4 is 21.3 Å². The van der Waals surface area contributed by atoms with Crippen molar-refractivity contribution in [2.24, 2.45) is 16.6 Å². The van der Waals surface area contributed by atoms with Gasteiger partial charge in [-0.15, -0.1) is 6.58 Å². The van der Waals surface area contributed by atoms with Crippen molar-refractivity contribution in [3.8, 4) is 0 Å². The Morgan fingerprint density at radius 3 is 2.12 bits per heavy atom. The van der Waals surface area contributed by atoms with E-state index in [9.17, 15) is 4.79 Å². The second kappa shape index (κ2) is 36.7. The molecular weight excluding hydrogens is 512 g/mol. The number of anilines is 2. The summed E-state index contributed by atoms with van der Waals surface area (Å²) < 4.78 is 0. The smallest absolute Gasteiger partial charge is 0.230 e. The highest BCUT2D eigenvalue weighted by Crippen LogP contribution is 2.26. The van der Waals surface area contributed by atoms with Crippen LogP contribution in [0.3, 0.4) is 0 Å². The van der Waals surface area contributed by atoms with E-state index in [0.29, 0.717) is 23.9 Å². The van der Waals surface area contributed by atoms with Crippen LogP contribution in [0.5, 0.6) is 0 Å². The van der Waals surface area contributed by atoms with Crippen LogP contribution in [0.1, 0.15) is 93.9 Å². The third-order valence-corrected chi connectivity index (χ3v) is 4.83. The molecule has 2 rings (SSSR count). The number of allylic oxidation sites excluding steroid dienone is 4. The molecule has 0 unspecified atom stereocenters. The summed E-state index contributed by atoms with van der Waals surface area (Å²) in [5.41, 5.74) is 5.95. The first kappa shape index (κ1) is 44.7. The van der Waals surface area contributed by atoms with E-state index < -0.39 is 0 Å². The molecule has 1 aromatic rings. The molecule has 0 saturated carbocycles. The van der Waals surface area contributed by atoms with Crippen LogP contribution in [-0.2, 0) is 9.59 Å². The van der Waals surface area contributed by atoms with Gasteiger partial charge >= 0.3 is 0 Å². The molecule has 0 aromatic carbocycles. The van der Waals surface area contributed by atoms with Gasteiger partial charge in [-0.25, -0.2) is 9.98 Å². The number of amides is 1. The second-order valence-electron chi connectivity index (χ2n) is 8.30. The molecule has 41 heavy (non-hydrogen) atoms. The number of carbonyl (C=O) groups is 2. The Labute approximate surface area is 252 Å². The van der Waals surface area contributed by atoms with Crippen molar-refractivity contribution < 1.29 is 9.59 Å². The van der Waals surface area contributed by atoms with Crippen LogP contribution in [0.15, 0.2) is 54.6 Å². The number of hydrogen-bond donors (Lipinski definition) is 3. The Morgan fingerprint density at radius 1 is 1.15 bits per heavy atom. The number of nitrogens with zero attached hydrogens (tertiary/aromatic N) is 3. The molecule has 236 valence electrons. The fourth-order valence-electron chi connectivity index (χ4n) is 3.08. The van der Waals surface area contributed by atoms with Crippen molar-refractivity contribution in [3.05, 3.63) is 49.6 Å². The predicted molar refractivity (Wildman–Crippen MR) is 184 cm³/mol. The highest BCUT2D eigenvalue weighted by Gasteiger charge is 2.20. The summed E-state index contributed by atoms with van der Waals surface area (Å²) in [6.07, 6.45) is 16.9. The van der Waals surface area contributed by atoms with Gasteiger partial charge in [0.2, 0.25) is 5.91 Å². The van der Waals surface area contributed by atoms with Crippen molar-refractivity contribution in [2.45, 2.75) is 93.9 Å². The van der Waals surface area contributed by atoms with Gasteiger partial charge in [0.1, 0.15) is 17.8 Å². The zero-order chi connectivity index (χ0) is 32.3. The summed E-state index contributed by atoms with van der Waals surface area (Å²) in [4.78, 5) is 31.3. The van der Waals surface area contributed by atoms with Gasteiger partial charge < -0.3 is 21.2 Å². The number of pyridine rings is 1. The van der Waals surface area contributed by atoms with Crippen LogP contribution in [0.2, 0.25) is 0 Å². The van der Waals surface area contributed by atoms with Gasteiger partial charge in [-0.3, -0.25) is 9.69 Å². The van der Waals surface area contributed by atoms with E-state index in [1.54, 1.807) is 30.2 Å². The number of hydrogen-bond acceptors (Lipinski definition) is 6. The lowest BCUT2D eigenvalue weighted by molar-refractivity contribution is -0.121. The number of aromatic nitrogens is 1. The molecule has 2 heterocycles. The lowest BCUT2D eigenvalue weighted by Gasteiger charge is -2.23. The maximum Gasteiger partial charge on any atom is 0.230 e. The minimum atomic E-state index is -0.0666. The molecule has 1 amide bonds. The molecule has 1 aliphatic heterocycles. The van der Waals surface area contributed by atoms with Gasteiger partial charge in [0.05, 0.1) is 6.34 Å². The fraction of sp³-hybridized carbons (Fsp3) is 0.576. The Morgan fingerprint density at radius 2 is 1.71 bits per heavy atom. The first-order valence-corrected chi connectivity index (χ1v) is 15.1. The topological polar surface area (TPSA) is 113 Å². The van der Waals surface area contributed by atoms with Crippen LogP contribution in [-0.4, -0.2) is 50.2 Å². The molecule has 1 aromatic heterocycles. The molecule has 0 bridgehead atoms. The van der Waals surface area contributed by atoms with Crippen LogP contribution in [0.25, 0.3) is 0 Å². The molecule has 1 saturated heterocycles. The molecule has 0 radical (unpaired) electrons. The molecule has 0 atom stereocenters. The van der Waals surface area contributed by atoms with Crippen molar-refractivity contribution in [2.75, 3.05) is 36.9 Å². The zero-order valence-corrected chi connectivity index (χ0v) is 27.7. The number of nitrogens with one attached hydrogen (secondary N) is 2. The number of nitrogens with two attached hydrogens (primary N) is 1. The number of rotatable bonds is 9. The summed E-state index contributed by atoms with van der Waals surface area (Å²) in [7, 11) is 1.76. The summed E-state index contributed by atoms with van der Waals surface area (Å²) >= 11 is 0. The molecule has 0 aliphatic carbocycles. The normalized spacial score (nSPS) is 11.7. The summed E-state index contributed by atoms with van der Waals surface area (Å²) in [6.45, 7) is 25.5. The summed E-state index contributed by atoms with van der Waals surface area (Å²) in [5, 5.41) is 6.31. The van der Waals surface area contributed by atoms with E-state index in [1.807, 2.05) is 66.7 Å². The summed E-state index contributed by atoms with van der Waals surface area (Å²) in [6, 6.07) is 3.59. The summed E-state index contributed by atoms with van der Waals surface area (Å²) in [5.74, 6) is 1.23. The van der Waals surface area contributed by atoms with Gasteiger partial charge in [-0.05, 0) is 57.8 Å². The molecule has 8 nitrogen and oxygen atoms in total. The third kappa shape index (κ3) is 26.7. The average Bonchev–Trinajstić information content (AvgIpc) is 3.33. The molecular formula is C33H62N6O2. The Bertz CT molecular complexity index is 787. The van der Waals surface area contributed by atoms with E-state index in [2.05, 4.69) is 33.8 Å². The zero-order valence-electron chi connectivity index (χ0n) is 27.7. The van der Waals surface area contributed by atoms with E-state index in [-0.39, 0.29) is 11.8 Å². The fourth-order valence-corrected chi connectivity index (χ4v) is 3.08. The van der Waals surface area contributed by atoms with E-state index >= 15 is 0 Å². The van der Waals surface area contributed by atoms with Gasteiger partial charge in [0.15, 0.2) is 5.82 Å². The minimum Gasteiger partial charge on any atom is -0.390 e. The minimum absolute atomic E-state index is 0.0662. The van der Waals surface area contributed by atoms with Crippen molar-refractivity contribution >= 4 is 35.9 Å². The van der Waals surface area contributed by atoms with Gasteiger partial charge in [0.25, 0.3) is 0 Å². The lowest BCUT2D eigenvalue weighted by Crippen LogP contribution is -2.35. The highest BCUT2D eigenvalue weighted by molar-refractivity contribution is 5.94. The van der Waals surface area contributed by atoms with Gasteiger partial charge in [-0.2, -0.15) is 0 Å². The maximum absolute atomic E-state index is 12.3. The van der Waals surface area contributed by atoms with Crippen LogP contribution in [0.4, 0.5) is 17.3 Å². The van der Waals surface area contributed by atoms with Gasteiger partial charge in [0, 0.05) is 19.5 Å². The largest absolute Gasteiger partial charge is 0.390 e. The van der Waals surface area contributed by atoms with Crippen molar-refractivity contribution in [1.29, 1.82) is 0 Å². The van der Waals surface area contributed by atoms with E-state index in [1.165, 1.54) is 52.0 Å². The van der Waals surface area contributed by atoms with Crippen LogP contribution in [0, 0.1) is 5.92 Å². The molecule has 1 fully saturated rings. The van der Waals surface area contributed by atoms with Crippen molar-refractivity contribution in [3.63, 3.8) is 0 Å². The average molecular weight is 575 g/mol. The Balaban J connectivity index is -0.000000266. The first-order valence-electron chi connectivity index (χ1n) is 15.1. The number of aliphatic imine (C=N–C) groups is 1. The SMILES string of the molecule is C1CCCNCC1.C=CC=CCC=C.CC.CC.CC=O.CCCN(C(=O)C(C)C)c1ccc(N=CN)c(NC)n1. The lowest BCUT2D eigenvalue weighted by atomic mass is 10.2. The third-order valence-electron chi connectivity index (χ3n) is 4.83. The number of aldehydes is 1. The molecule has 8 heteroatoms. The first-order chi connectivity index (χ1) is 19.9. The standard InChI is InChI=1S/C14H23N5O.C7H10.C6H13N.C2H4O.2C2H6/c1-5-8-19(14(20)10(2)3)12-7-6-11(17-9-15)13(16-4)18-12;1-3-5-7-6-4-2;1-2-4-6-7-5-3-1;1-2-3;2*1-2/h6-7,9-10H,5,8H2,1-4H3,(H2,15,17)(H,16,18);3-5,7H,1-2,6H2;7H,1-6H2;2H,1H3;2*1-2H3. The quantitative estimate of drug-likeness (QED) is 0.0910. The Hall–Kier alpha value is -3.26. The highest BCUT2D eigenvalue weighted by atomic mass is 16.2. The molecule has 4 N–H and O–H groups in total. The number of carbonyl (C=O) groups excluding carboxylic acids is 2. The maximum atomic E-state index is 12.3. The second-order valence-corrected chi connectivity index (χ2v) is 8.30. The van der Waals surface area contributed by atoms with Gasteiger partial charge in [-0.1, -0.05) is 92.2 Å². The predicted octanol–water partition coefficient (Wildman–Crippen LogP) is 7.85. The van der Waals surface area contributed by atoms with Crippen molar-refractivity contribution in [1.82, 2.24) is 10.3 Å². The van der Waals surface area contributed by atoms with E-state index in [0.717, 1.165) is 19.1 Å². The Kier molecular flexibility index (Phi) is 40.1. The van der Waals surface area contributed by atoms with Crippen LogP contribution >= 0.6 is 0 Å². The molecule has 0 spiro atoms. The van der Waals surface area contributed by atoms with E-state index in [4.69, 9.17) is 10.5 Å².